The number of hydrogen-bond donors (Lipinski definition) is 1. The van der Waals surface area contributed by atoms with E-state index in [1.54, 1.807) is 18.2 Å². The van der Waals surface area contributed by atoms with E-state index in [0.29, 0.717) is 11.5 Å². The number of nitrogens with one attached hydrogen (secondary N) is 1. The topological polar surface area (TPSA) is 72.0 Å². The molecular weight excluding hydrogens is 258 g/mol. The Bertz CT molecular complexity index is 635. The standard InChI is InChI=1S/C10H11N3O2S2/c1-7-11-10(12-16-7)8-4-3-5-9(6-8)13-17(2,14)15/h3-6,13H,1-2H3. The lowest BCUT2D eigenvalue weighted by Crippen LogP contribution is -2.09. The fraction of sp³-hybridized carbons (Fsp3) is 0.200. The second kappa shape index (κ2) is 4.42. The first-order chi connectivity index (χ1) is 7.94. The molecule has 0 aliphatic carbocycles. The Kier molecular flexibility index (Phi) is 3.12. The van der Waals surface area contributed by atoms with Crippen LogP contribution in [0.2, 0.25) is 0 Å². The van der Waals surface area contributed by atoms with Gasteiger partial charge in [-0.3, -0.25) is 4.72 Å². The van der Waals surface area contributed by atoms with Crippen molar-refractivity contribution in [2.24, 2.45) is 0 Å². The van der Waals surface area contributed by atoms with Crippen molar-refractivity contribution in [3.05, 3.63) is 29.3 Å². The van der Waals surface area contributed by atoms with Crippen molar-refractivity contribution in [1.82, 2.24) is 9.36 Å². The van der Waals surface area contributed by atoms with Crippen LogP contribution in [0.25, 0.3) is 11.4 Å². The number of sulfonamides is 1. The van der Waals surface area contributed by atoms with Gasteiger partial charge in [0.1, 0.15) is 5.01 Å². The second-order valence-electron chi connectivity index (χ2n) is 3.59. The van der Waals surface area contributed by atoms with E-state index in [2.05, 4.69) is 14.1 Å². The Balaban J connectivity index is 2.35. The first-order valence-corrected chi connectivity index (χ1v) is 7.49. The molecule has 0 bridgehead atoms. The molecule has 0 aliphatic rings. The van der Waals surface area contributed by atoms with Crippen molar-refractivity contribution >= 4 is 27.2 Å². The summed E-state index contributed by atoms with van der Waals surface area (Å²) in [7, 11) is -3.26. The van der Waals surface area contributed by atoms with Crippen LogP contribution in [0.3, 0.4) is 0 Å². The van der Waals surface area contributed by atoms with Crippen LogP contribution in [-0.2, 0) is 10.0 Å². The Morgan fingerprint density at radius 3 is 2.71 bits per heavy atom. The summed E-state index contributed by atoms with van der Waals surface area (Å²) in [4.78, 5) is 4.25. The Labute approximate surface area is 104 Å². The van der Waals surface area contributed by atoms with Crippen LogP contribution in [0.4, 0.5) is 5.69 Å². The summed E-state index contributed by atoms with van der Waals surface area (Å²) < 4.78 is 28.8. The molecule has 1 heterocycles. The summed E-state index contributed by atoms with van der Waals surface area (Å²) in [6.45, 7) is 1.87. The van der Waals surface area contributed by atoms with Crippen LogP contribution in [-0.4, -0.2) is 24.0 Å². The third kappa shape index (κ3) is 3.24. The van der Waals surface area contributed by atoms with E-state index >= 15 is 0 Å². The van der Waals surface area contributed by atoms with Gasteiger partial charge in [0.2, 0.25) is 10.0 Å². The van der Waals surface area contributed by atoms with E-state index in [-0.39, 0.29) is 0 Å². The number of nitrogens with zero attached hydrogens (tertiary/aromatic N) is 2. The van der Waals surface area contributed by atoms with E-state index in [9.17, 15) is 8.42 Å². The molecule has 0 atom stereocenters. The van der Waals surface area contributed by atoms with E-state index in [0.717, 1.165) is 16.8 Å². The number of rotatable bonds is 3. The monoisotopic (exact) mass is 269 g/mol. The van der Waals surface area contributed by atoms with Gasteiger partial charge in [0.15, 0.2) is 5.82 Å². The SMILES string of the molecule is Cc1nc(-c2cccc(NS(C)(=O)=O)c2)ns1. The predicted octanol–water partition coefficient (Wildman–Crippen LogP) is 1.89. The van der Waals surface area contributed by atoms with Crippen molar-refractivity contribution < 1.29 is 8.42 Å². The quantitative estimate of drug-likeness (QED) is 0.923. The van der Waals surface area contributed by atoms with Crippen LogP contribution >= 0.6 is 11.5 Å². The summed E-state index contributed by atoms with van der Waals surface area (Å²) in [6.07, 6.45) is 1.12. The molecule has 90 valence electrons. The summed E-state index contributed by atoms with van der Waals surface area (Å²) in [5, 5.41) is 0.876. The highest BCUT2D eigenvalue weighted by Gasteiger charge is 2.06. The molecule has 0 amide bonds. The second-order valence-corrected chi connectivity index (χ2v) is 6.30. The first kappa shape index (κ1) is 12.0. The molecule has 2 aromatic rings. The highest BCUT2D eigenvalue weighted by Crippen LogP contribution is 2.21. The molecule has 2 rings (SSSR count). The lowest BCUT2D eigenvalue weighted by atomic mass is 10.2. The van der Waals surface area contributed by atoms with Gasteiger partial charge >= 0.3 is 0 Å². The van der Waals surface area contributed by atoms with Crippen LogP contribution in [0.5, 0.6) is 0 Å². The van der Waals surface area contributed by atoms with Crippen molar-refractivity contribution in [2.45, 2.75) is 6.92 Å². The maximum absolute atomic E-state index is 11.1. The van der Waals surface area contributed by atoms with E-state index in [1.165, 1.54) is 11.5 Å². The van der Waals surface area contributed by atoms with Gasteiger partial charge in [0.05, 0.1) is 6.26 Å². The lowest BCUT2D eigenvalue weighted by molar-refractivity contribution is 0.607. The zero-order valence-corrected chi connectivity index (χ0v) is 11.0. The lowest BCUT2D eigenvalue weighted by Gasteiger charge is -2.04. The van der Waals surface area contributed by atoms with Crippen LogP contribution in [0.15, 0.2) is 24.3 Å². The zero-order chi connectivity index (χ0) is 12.5. The summed E-state index contributed by atoms with van der Waals surface area (Å²) in [5.41, 5.74) is 1.31. The van der Waals surface area contributed by atoms with Gasteiger partial charge in [-0.05, 0) is 30.6 Å². The Morgan fingerprint density at radius 1 is 1.35 bits per heavy atom. The fourth-order valence-corrected chi connectivity index (χ4v) is 2.40. The molecule has 17 heavy (non-hydrogen) atoms. The molecule has 0 unspecified atom stereocenters. The molecule has 0 saturated heterocycles. The minimum atomic E-state index is -3.26. The molecule has 5 nitrogen and oxygen atoms in total. The third-order valence-corrected chi connectivity index (χ3v) is 3.18. The van der Waals surface area contributed by atoms with Gasteiger partial charge < -0.3 is 0 Å². The molecular formula is C10H11N3O2S2. The molecule has 0 aliphatic heterocycles. The molecule has 1 aromatic carbocycles. The molecule has 0 saturated carbocycles. The third-order valence-electron chi connectivity index (χ3n) is 1.95. The van der Waals surface area contributed by atoms with E-state index < -0.39 is 10.0 Å². The number of aryl methyl sites for hydroxylation is 1. The summed E-state index contributed by atoms with van der Waals surface area (Å²) >= 11 is 1.32. The van der Waals surface area contributed by atoms with Crippen LogP contribution < -0.4 is 4.72 Å². The maximum atomic E-state index is 11.1. The molecule has 0 spiro atoms. The normalized spacial score (nSPS) is 11.4. The van der Waals surface area contributed by atoms with Gasteiger partial charge in [0.25, 0.3) is 0 Å². The van der Waals surface area contributed by atoms with E-state index in [4.69, 9.17) is 0 Å². The van der Waals surface area contributed by atoms with Gasteiger partial charge in [-0.2, -0.15) is 4.37 Å². The van der Waals surface area contributed by atoms with Crippen molar-refractivity contribution in [3.8, 4) is 11.4 Å². The van der Waals surface area contributed by atoms with Gasteiger partial charge in [-0.1, -0.05) is 12.1 Å². The summed E-state index contributed by atoms with van der Waals surface area (Å²) in [6, 6.07) is 7.00. The highest BCUT2D eigenvalue weighted by molar-refractivity contribution is 7.92. The average molecular weight is 269 g/mol. The first-order valence-electron chi connectivity index (χ1n) is 4.82. The zero-order valence-electron chi connectivity index (χ0n) is 9.34. The fourth-order valence-electron chi connectivity index (χ4n) is 1.35. The van der Waals surface area contributed by atoms with E-state index in [1.807, 2.05) is 13.0 Å². The van der Waals surface area contributed by atoms with Crippen LogP contribution in [0, 0.1) is 6.92 Å². The van der Waals surface area contributed by atoms with Crippen molar-refractivity contribution in [2.75, 3.05) is 11.0 Å². The summed E-state index contributed by atoms with van der Waals surface area (Å²) in [5.74, 6) is 0.615. The number of benzene rings is 1. The minimum Gasteiger partial charge on any atom is -0.284 e. The van der Waals surface area contributed by atoms with Gasteiger partial charge in [-0.15, -0.1) is 0 Å². The predicted molar refractivity (Wildman–Crippen MR) is 68.5 cm³/mol. The van der Waals surface area contributed by atoms with Crippen molar-refractivity contribution in [1.29, 1.82) is 0 Å². The Hall–Kier alpha value is -1.47. The maximum Gasteiger partial charge on any atom is 0.229 e. The van der Waals surface area contributed by atoms with Crippen LogP contribution in [0.1, 0.15) is 5.01 Å². The van der Waals surface area contributed by atoms with Gasteiger partial charge in [-0.25, -0.2) is 13.4 Å². The largest absolute Gasteiger partial charge is 0.284 e. The average Bonchev–Trinajstić information content (AvgIpc) is 2.63. The molecule has 0 fully saturated rings. The molecule has 1 N–H and O–H groups in total. The molecule has 0 radical (unpaired) electrons. The number of anilines is 1. The Morgan fingerprint density at radius 2 is 2.12 bits per heavy atom. The number of hydrogen-bond acceptors (Lipinski definition) is 5. The smallest absolute Gasteiger partial charge is 0.229 e. The molecule has 7 heteroatoms. The molecule has 1 aromatic heterocycles. The van der Waals surface area contributed by atoms with Crippen molar-refractivity contribution in [3.63, 3.8) is 0 Å². The van der Waals surface area contributed by atoms with Gasteiger partial charge in [0, 0.05) is 11.3 Å². The number of aromatic nitrogens is 2. The highest BCUT2D eigenvalue weighted by atomic mass is 32.2. The minimum absolute atomic E-state index is 0.512.